The highest BCUT2D eigenvalue weighted by atomic mass is 79.9. The molecule has 5 nitrogen and oxygen atoms in total. The molecule has 1 rings (SSSR count). The van der Waals surface area contributed by atoms with Gasteiger partial charge in [-0.1, -0.05) is 22.9 Å². The summed E-state index contributed by atoms with van der Waals surface area (Å²) in [5.74, 6) is -0.139. The van der Waals surface area contributed by atoms with E-state index in [0.29, 0.717) is 12.2 Å². The molecule has 1 N–H and O–H groups in total. The number of halogens is 1. The van der Waals surface area contributed by atoms with Gasteiger partial charge < -0.3 is 5.32 Å². The van der Waals surface area contributed by atoms with E-state index >= 15 is 0 Å². The normalized spacial score (nSPS) is 11.2. The van der Waals surface area contributed by atoms with Crippen LogP contribution in [0.15, 0.2) is 22.7 Å². The van der Waals surface area contributed by atoms with E-state index < -0.39 is 10.0 Å². The summed E-state index contributed by atoms with van der Waals surface area (Å²) in [5, 5.41) is 2.75. The molecule has 0 saturated heterocycles. The average molecular weight is 377 g/mol. The van der Waals surface area contributed by atoms with Crippen molar-refractivity contribution in [3.05, 3.63) is 28.2 Å². The molecule has 21 heavy (non-hydrogen) atoms. The van der Waals surface area contributed by atoms with Gasteiger partial charge in [0.2, 0.25) is 15.9 Å². The molecule has 0 aliphatic carbocycles. The van der Waals surface area contributed by atoms with Gasteiger partial charge in [-0.05, 0) is 37.1 Å². The summed E-state index contributed by atoms with van der Waals surface area (Å²) in [4.78, 5) is 11.7. The van der Waals surface area contributed by atoms with E-state index in [4.69, 9.17) is 0 Å². The van der Waals surface area contributed by atoms with E-state index in [0.717, 1.165) is 22.7 Å². The standard InChI is InChI=1S/C14H21BrN2O3S/c1-4-8-16-14(18)7-9-17(21(3,19)20)13-6-5-12(15)10-11(13)2/h5-6,10H,4,7-9H2,1-3H3,(H,16,18). The highest BCUT2D eigenvalue weighted by Gasteiger charge is 2.20. The maximum absolute atomic E-state index is 12.0. The Bertz CT molecular complexity index is 602. The van der Waals surface area contributed by atoms with Crippen molar-refractivity contribution in [2.24, 2.45) is 0 Å². The van der Waals surface area contributed by atoms with Crippen LogP contribution in [-0.2, 0) is 14.8 Å². The number of anilines is 1. The van der Waals surface area contributed by atoms with Crippen LogP contribution in [0.4, 0.5) is 5.69 Å². The van der Waals surface area contributed by atoms with Crippen molar-refractivity contribution in [1.82, 2.24) is 5.32 Å². The molecule has 0 atom stereocenters. The minimum atomic E-state index is -3.43. The van der Waals surface area contributed by atoms with Crippen LogP contribution in [0, 0.1) is 6.92 Å². The van der Waals surface area contributed by atoms with Crippen LogP contribution in [0.25, 0.3) is 0 Å². The highest BCUT2D eigenvalue weighted by Crippen LogP contribution is 2.25. The molecule has 0 bridgehead atoms. The second kappa shape index (κ2) is 7.79. The quantitative estimate of drug-likeness (QED) is 0.794. The molecule has 1 amide bonds. The smallest absolute Gasteiger partial charge is 0.232 e. The topological polar surface area (TPSA) is 66.5 Å². The molecule has 0 unspecified atom stereocenters. The first-order valence-electron chi connectivity index (χ1n) is 6.76. The summed E-state index contributed by atoms with van der Waals surface area (Å²) in [7, 11) is -3.43. The van der Waals surface area contributed by atoms with E-state index in [2.05, 4.69) is 21.2 Å². The average Bonchev–Trinajstić information content (AvgIpc) is 2.37. The molecule has 1 aromatic rings. The number of aryl methyl sites for hydroxylation is 1. The predicted octanol–water partition coefficient (Wildman–Crippen LogP) is 2.44. The van der Waals surface area contributed by atoms with E-state index in [1.165, 1.54) is 4.31 Å². The largest absolute Gasteiger partial charge is 0.356 e. The Morgan fingerprint density at radius 1 is 1.38 bits per heavy atom. The number of nitrogens with one attached hydrogen (secondary N) is 1. The Morgan fingerprint density at radius 2 is 2.05 bits per heavy atom. The summed E-state index contributed by atoms with van der Waals surface area (Å²) in [6.45, 7) is 4.55. The van der Waals surface area contributed by atoms with E-state index in [-0.39, 0.29) is 18.9 Å². The Kier molecular flexibility index (Phi) is 6.67. The molecular weight excluding hydrogens is 356 g/mol. The zero-order valence-electron chi connectivity index (χ0n) is 12.5. The Hall–Kier alpha value is -1.08. The van der Waals surface area contributed by atoms with Crippen LogP contribution < -0.4 is 9.62 Å². The van der Waals surface area contributed by atoms with Gasteiger partial charge >= 0.3 is 0 Å². The second-order valence-corrected chi connectivity index (χ2v) is 7.69. The monoisotopic (exact) mass is 376 g/mol. The Labute approximate surface area is 134 Å². The van der Waals surface area contributed by atoms with Gasteiger partial charge in [-0.2, -0.15) is 0 Å². The fraction of sp³-hybridized carbons (Fsp3) is 0.500. The minimum Gasteiger partial charge on any atom is -0.356 e. The minimum absolute atomic E-state index is 0.136. The van der Waals surface area contributed by atoms with Crippen molar-refractivity contribution in [3.63, 3.8) is 0 Å². The van der Waals surface area contributed by atoms with Crippen molar-refractivity contribution in [2.45, 2.75) is 26.7 Å². The molecule has 0 spiro atoms. The van der Waals surface area contributed by atoms with Crippen LogP contribution in [0.2, 0.25) is 0 Å². The van der Waals surface area contributed by atoms with Crippen LogP contribution >= 0.6 is 15.9 Å². The number of nitrogens with zero attached hydrogens (tertiary/aromatic N) is 1. The molecule has 0 radical (unpaired) electrons. The number of carbonyl (C=O) groups is 1. The summed E-state index contributed by atoms with van der Waals surface area (Å²) in [5.41, 5.74) is 1.44. The van der Waals surface area contributed by atoms with E-state index in [1.54, 1.807) is 12.1 Å². The molecule has 0 fully saturated rings. The number of amides is 1. The third-order valence-electron chi connectivity index (χ3n) is 2.94. The van der Waals surface area contributed by atoms with Crippen LogP contribution in [0.3, 0.4) is 0 Å². The van der Waals surface area contributed by atoms with E-state index in [1.807, 2.05) is 19.9 Å². The number of hydrogen-bond donors (Lipinski definition) is 1. The third-order valence-corrected chi connectivity index (χ3v) is 4.62. The number of rotatable bonds is 7. The number of hydrogen-bond acceptors (Lipinski definition) is 3. The van der Waals surface area contributed by atoms with Crippen LogP contribution in [0.5, 0.6) is 0 Å². The molecule has 0 aliphatic heterocycles. The van der Waals surface area contributed by atoms with Gasteiger partial charge in [0.05, 0.1) is 11.9 Å². The lowest BCUT2D eigenvalue weighted by atomic mass is 10.2. The second-order valence-electron chi connectivity index (χ2n) is 4.87. The molecule has 0 saturated carbocycles. The van der Waals surface area contributed by atoms with Gasteiger partial charge in [-0.25, -0.2) is 8.42 Å². The SMILES string of the molecule is CCCNC(=O)CCN(c1ccc(Br)cc1C)S(C)(=O)=O. The zero-order valence-corrected chi connectivity index (χ0v) is 14.9. The molecule has 0 aromatic heterocycles. The maximum Gasteiger partial charge on any atom is 0.232 e. The van der Waals surface area contributed by atoms with Gasteiger partial charge in [0.25, 0.3) is 0 Å². The van der Waals surface area contributed by atoms with Crippen molar-refractivity contribution in [3.8, 4) is 0 Å². The summed E-state index contributed by atoms with van der Waals surface area (Å²) in [6, 6.07) is 5.38. The first-order chi connectivity index (χ1) is 9.75. The predicted molar refractivity (Wildman–Crippen MR) is 89.0 cm³/mol. The van der Waals surface area contributed by atoms with Crippen molar-refractivity contribution in [1.29, 1.82) is 0 Å². The lowest BCUT2D eigenvalue weighted by Crippen LogP contribution is -2.35. The van der Waals surface area contributed by atoms with Crippen molar-refractivity contribution in [2.75, 3.05) is 23.7 Å². The van der Waals surface area contributed by atoms with Gasteiger partial charge in [0.1, 0.15) is 0 Å². The van der Waals surface area contributed by atoms with Crippen molar-refractivity contribution < 1.29 is 13.2 Å². The maximum atomic E-state index is 12.0. The van der Waals surface area contributed by atoms with Crippen LogP contribution in [-0.4, -0.2) is 33.7 Å². The van der Waals surface area contributed by atoms with Gasteiger partial charge in [0.15, 0.2) is 0 Å². The molecule has 0 aliphatic rings. The first-order valence-corrected chi connectivity index (χ1v) is 9.40. The number of sulfonamides is 1. The Morgan fingerprint density at radius 3 is 2.57 bits per heavy atom. The fourth-order valence-corrected chi connectivity index (χ4v) is 3.38. The fourth-order valence-electron chi connectivity index (χ4n) is 1.92. The first kappa shape index (κ1) is 18.0. The van der Waals surface area contributed by atoms with Crippen LogP contribution in [0.1, 0.15) is 25.3 Å². The molecular formula is C14H21BrN2O3S. The lowest BCUT2D eigenvalue weighted by Gasteiger charge is -2.24. The molecule has 1 aromatic carbocycles. The van der Waals surface area contributed by atoms with Crippen molar-refractivity contribution >= 4 is 37.5 Å². The molecule has 7 heteroatoms. The molecule has 0 heterocycles. The zero-order chi connectivity index (χ0) is 16.0. The Balaban J connectivity index is 2.90. The van der Waals surface area contributed by atoms with Gasteiger partial charge in [-0.15, -0.1) is 0 Å². The van der Waals surface area contributed by atoms with Gasteiger partial charge in [0, 0.05) is 24.0 Å². The van der Waals surface area contributed by atoms with E-state index in [9.17, 15) is 13.2 Å². The lowest BCUT2D eigenvalue weighted by molar-refractivity contribution is -0.120. The number of carbonyl (C=O) groups excluding carboxylic acids is 1. The molecule has 118 valence electrons. The number of benzene rings is 1. The summed E-state index contributed by atoms with van der Waals surface area (Å²) in [6.07, 6.45) is 2.15. The summed E-state index contributed by atoms with van der Waals surface area (Å²) < 4.78 is 26.1. The summed E-state index contributed by atoms with van der Waals surface area (Å²) >= 11 is 3.35. The third kappa shape index (κ3) is 5.67. The van der Waals surface area contributed by atoms with Gasteiger partial charge in [-0.3, -0.25) is 9.10 Å². The highest BCUT2D eigenvalue weighted by molar-refractivity contribution is 9.10.